The number of amides is 1. The van der Waals surface area contributed by atoms with Crippen molar-refractivity contribution in [1.29, 1.82) is 0 Å². The van der Waals surface area contributed by atoms with Gasteiger partial charge in [-0.3, -0.25) is 5.32 Å². The molecule has 1 aromatic rings. The van der Waals surface area contributed by atoms with Crippen LogP contribution in [0.15, 0.2) is 18.3 Å². The van der Waals surface area contributed by atoms with Crippen LogP contribution in [0.2, 0.25) is 0 Å². The number of anilines is 2. The Bertz CT molecular complexity index is 535. The first-order valence-corrected chi connectivity index (χ1v) is 8.97. The average molecular weight is 333 g/mol. The van der Waals surface area contributed by atoms with E-state index in [0.29, 0.717) is 23.7 Å². The van der Waals surface area contributed by atoms with Crippen molar-refractivity contribution in [2.45, 2.75) is 71.9 Å². The Hall–Kier alpha value is -1.78. The molecule has 0 saturated heterocycles. The van der Waals surface area contributed by atoms with E-state index in [1.54, 1.807) is 12.3 Å². The topological polar surface area (TPSA) is 63.2 Å². The smallest absolute Gasteiger partial charge is 0.413 e. The molecule has 2 N–H and O–H groups in total. The number of carbonyl (C=O) groups is 1. The SMILES string of the molecule is CC(C)C1CCCCC1Nc1ccc(NC(=O)OC(C)(C)C)nc1. The standard InChI is InChI=1S/C19H31N3O2/c1-13(2)15-8-6-7-9-16(15)21-14-10-11-17(20-12-14)22-18(23)24-19(3,4)5/h10-13,15-16,21H,6-9H2,1-5H3,(H,20,22,23). The molecule has 2 unspecified atom stereocenters. The van der Waals surface area contributed by atoms with Gasteiger partial charge >= 0.3 is 6.09 Å². The number of hydrogen-bond acceptors (Lipinski definition) is 4. The van der Waals surface area contributed by atoms with Gasteiger partial charge in [0.15, 0.2) is 0 Å². The molecule has 1 heterocycles. The van der Waals surface area contributed by atoms with Crippen molar-refractivity contribution < 1.29 is 9.53 Å². The summed E-state index contributed by atoms with van der Waals surface area (Å²) in [6.45, 7) is 10.1. The summed E-state index contributed by atoms with van der Waals surface area (Å²) >= 11 is 0. The lowest BCUT2D eigenvalue weighted by Crippen LogP contribution is -2.35. The Morgan fingerprint density at radius 1 is 1.25 bits per heavy atom. The number of rotatable bonds is 4. The molecule has 0 bridgehead atoms. The normalized spacial score (nSPS) is 21.4. The van der Waals surface area contributed by atoms with Gasteiger partial charge in [0.05, 0.1) is 11.9 Å². The monoisotopic (exact) mass is 333 g/mol. The van der Waals surface area contributed by atoms with Crippen molar-refractivity contribution in [2.24, 2.45) is 11.8 Å². The van der Waals surface area contributed by atoms with Crippen molar-refractivity contribution in [3.05, 3.63) is 18.3 Å². The van der Waals surface area contributed by atoms with Gasteiger partial charge < -0.3 is 10.1 Å². The van der Waals surface area contributed by atoms with Crippen LogP contribution in [0, 0.1) is 11.8 Å². The number of nitrogens with zero attached hydrogens (tertiary/aromatic N) is 1. The molecular weight excluding hydrogens is 302 g/mol. The largest absolute Gasteiger partial charge is 0.444 e. The highest BCUT2D eigenvalue weighted by Crippen LogP contribution is 2.32. The summed E-state index contributed by atoms with van der Waals surface area (Å²) in [7, 11) is 0. The Morgan fingerprint density at radius 2 is 1.96 bits per heavy atom. The van der Waals surface area contributed by atoms with Gasteiger partial charge in [0, 0.05) is 6.04 Å². The molecule has 5 nitrogen and oxygen atoms in total. The molecule has 0 spiro atoms. The maximum absolute atomic E-state index is 11.8. The van der Waals surface area contributed by atoms with E-state index in [4.69, 9.17) is 4.74 Å². The lowest BCUT2D eigenvalue weighted by molar-refractivity contribution is 0.0635. The zero-order valence-electron chi connectivity index (χ0n) is 15.6. The van der Waals surface area contributed by atoms with E-state index in [-0.39, 0.29) is 0 Å². The highest BCUT2D eigenvalue weighted by molar-refractivity contribution is 5.83. The molecule has 2 rings (SSSR count). The summed E-state index contributed by atoms with van der Waals surface area (Å²) in [5, 5.41) is 6.28. The third-order valence-electron chi connectivity index (χ3n) is 4.42. The van der Waals surface area contributed by atoms with Crippen LogP contribution >= 0.6 is 0 Å². The second-order valence-corrected chi connectivity index (χ2v) is 8.00. The van der Waals surface area contributed by atoms with Crippen molar-refractivity contribution in [2.75, 3.05) is 10.6 Å². The predicted octanol–water partition coefficient (Wildman–Crippen LogP) is 5.06. The number of nitrogens with one attached hydrogen (secondary N) is 2. The van der Waals surface area contributed by atoms with Crippen LogP contribution in [0.25, 0.3) is 0 Å². The van der Waals surface area contributed by atoms with Crippen molar-refractivity contribution in [3.63, 3.8) is 0 Å². The third kappa shape index (κ3) is 5.69. The minimum absolute atomic E-state index is 0.483. The summed E-state index contributed by atoms with van der Waals surface area (Å²) in [5.74, 6) is 1.89. The zero-order valence-corrected chi connectivity index (χ0v) is 15.6. The molecule has 1 saturated carbocycles. The molecule has 134 valence electrons. The molecule has 1 amide bonds. The second-order valence-electron chi connectivity index (χ2n) is 8.00. The van der Waals surface area contributed by atoms with E-state index in [1.807, 2.05) is 26.8 Å². The van der Waals surface area contributed by atoms with Gasteiger partial charge in [-0.25, -0.2) is 9.78 Å². The van der Waals surface area contributed by atoms with Crippen LogP contribution in [0.4, 0.5) is 16.3 Å². The summed E-state index contributed by atoms with van der Waals surface area (Å²) in [4.78, 5) is 16.1. The average Bonchev–Trinajstić information content (AvgIpc) is 2.47. The van der Waals surface area contributed by atoms with Gasteiger partial charge in [0.25, 0.3) is 0 Å². The first kappa shape index (κ1) is 18.6. The minimum atomic E-state index is -0.515. The van der Waals surface area contributed by atoms with Crippen molar-refractivity contribution >= 4 is 17.6 Å². The maximum atomic E-state index is 11.8. The fourth-order valence-corrected chi connectivity index (χ4v) is 3.31. The first-order valence-electron chi connectivity index (χ1n) is 8.97. The number of carbonyl (C=O) groups excluding carboxylic acids is 1. The summed E-state index contributed by atoms with van der Waals surface area (Å²) < 4.78 is 5.23. The molecular formula is C19H31N3O2. The quantitative estimate of drug-likeness (QED) is 0.809. The summed E-state index contributed by atoms with van der Waals surface area (Å²) in [6, 6.07) is 4.27. The Morgan fingerprint density at radius 3 is 2.54 bits per heavy atom. The lowest BCUT2D eigenvalue weighted by atomic mass is 9.78. The van der Waals surface area contributed by atoms with Gasteiger partial charge in [-0.2, -0.15) is 0 Å². The van der Waals surface area contributed by atoms with Gasteiger partial charge in [-0.05, 0) is 57.6 Å². The fourth-order valence-electron chi connectivity index (χ4n) is 3.31. The van der Waals surface area contributed by atoms with Crippen LogP contribution in [-0.4, -0.2) is 22.7 Å². The van der Waals surface area contributed by atoms with Crippen LogP contribution < -0.4 is 10.6 Å². The Labute approximate surface area is 145 Å². The molecule has 0 aromatic carbocycles. The Balaban J connectivity index is 1.93. The van der Waals surface area contributed by atoms with E-state index in [0.717, 1.165) is 5.69 Å². The maximum Gasteiger partial charge on any atom is 0.413 e. The second kappa shape index (κ2) is 7.86. The highest BCUT2D eigenvalue weighted by atomic mass is 16.6. The Kier molecular flexibility index (Phi) is 6.08. The molecule has 1 aliphatic rings. The lowest BCUT2D eigenvalue weighted by Gasteiger charge is -2.35. The van der Waals surface area contributed by atoms with Crippen LogP contribution in [0.1, 0.15) is 60.3 Å². The number of pyridine rings is 1. The summed E-state index contributed by atoms with van der Waals surface area (Å²) in [5.41, 5.74) is 0.487. The van der Waals surface area contributed by atoms with Crippen molar-refractivity contribution in [3.8, 4) is 0 Å². The van der Waals surface area contributed by atoms with E-state index >= 15 is 0 Å². The molecule has 0 aliphatic heterocycles. The fraction of sp³-hybridized carbons (Fsp3) is 0.684. The van der Waals surface area contributed by atoms with Gasteiger partial charge in [0.2, 0.25) is 0 Å². The number of aromatic nitrogens is 1. The minimum Gasteiger partial charge on any atom is -0.444 e. The van der Waals surface area contributed by atoms with E-state index in [9.17, 15) is 4.79 Å². The van der Waals surface area contributed by atoms with Crippen molar-refractivity contribution in [1.82, 2.24) is 4.98 Å². The van der Waals surface area contributed by atoms with E-state index in [1.165, 1.54) is 25.7 Å². The van der Waals surface area contributed by atoms with Crippen LogP contribution in [-0.2, 0) is 4.74 Å². The molecule has 1 aromatic heterocycles. The number of ether oxygens (including phenoxy) is 1. The van der Waals surface area contributed by atoms with Gasteiger partial charge in [0.1, 0.15) is 11.4 Å². The van der Waals surface area contributed by atoms with Crippen LogP contribution in [0.5, 0.6) is 0 Å². The van der Waals surface area contributed by atoms with Gasteiger partial charge in [-0.15, -0.1) is 0 Å². The highest BCUT2D eigenvalue weighted by Gasteiger charge is 2.27. The zero-order chi connectivity index (χ0) is 17.7. The summed E-state index contributed by atoms with van der Waals surface area (Å²) in [6.07, 6.45) is 6.41. The molecule has 1 fully saturated rings. The predicted molar refractivity (Wildman–Crippen MR) is 98.3 cm³/mol. The molecule has 5 heteroatoms. The van der Waals surface area contributed by atoms with Crippen LogP contribution in [0.3, 0.4) is 0 Å². The number of hydrogen-bond donors (Lipinski definition) is 2. The molecule has 2 atom stereocenters. The third-order valence-corrected chi connectivity index (χ3v) is 4.42. The molecule has 0 radical (unpaired) electrons. The van der Waals surface area contributed by atoms with E-state index in [2.05, 4.69) is 29.5 Å². The van der Waals surface area contributed by atoms with Gasteiger partial charge in [-0.1, -0.05) is 26.7 Å². The molecule has 1 aliphatic carbocycles. The molecule has 24 heavy (non-hydrogen) atoms. The first-order chi connectivity index (χ1) is 11.2. The van der Waals surface area contributed by atoms with E-state index < -0.39 is 11.7 Å².